The number of hydrogen-bond acceptors (Lipinski definition) is 4. The number of nitrogens with zero attached hydrogens (tertiary/aromatic N) is 2. The van der Waals surface area contributed by atoms with Gasteiger partial charge in [-0.05, 0) is 36.4 Å². The minimum absolute atomic E-state index is 0.0367. The normalized spacial score (nSPS) is 10.4. The molecule has 21 heavy (non-hydrogen) atoms. The van der Waals surface area contributed by atoms with E-state index in [-0.39, 0.29) is 21.7 Å². The first-order valence-corrected chi connectivity index (χ1v) is 7.96. The number of benzene rings is 2. The van der Waals surface area contributed by atoms with Crippen molar-refractivity contribution in [3.63, 3.8) is 0 Å². The number of nitriles is 2. The van der Waals surface area contributed by atoms with E-state index < -0.39 is 10.0 Å². The summed E-state index contributed by atoms with van der Waals surface area (Å²) in [6, 6.07) is 14.1. The van der Waals surface area contributed by atoms with Gasteiger partial charge in [0.25, 0.3) is 10.0 Å². The van der Waals surface area contributed by atoms with Crippen molar-refractivity contribution in [3.8, 4) is 12.1 Å². The Morgan fingerprint density at radius 1 is 1.05 bits per heavy atom. The Morgan fingerprint density at radius 2 is 1.81 bits per heavy atom. The minimum Gasteiger partial charge on any atom is -0.278 e. The van der Waals surface area contributed by atoms with Gasteiger partial charge in [0, 0.05) is 4.47 Å². The van der Waals surface area contributed by atoms with Crippen LogP contribution in [0.25, 0.3) is 0 Å². The number of anilines is 1. The molecule has 0 heterocycles. The second kappa shape index (κ2) is 5.96. The molecule has 5 nitrogen and oxygen atoms in total. The molecule has 0 amide bonds. The highest BCUT2D eigenvalue weighted by Crippen LogP contribution is 2.24. The first kappa shape index (κ1) is 15.0. The third kappa shape index (κ3) is 3.40. The SMILES string of the molecule is N#Cc1cccc(S(=O)(=O)Nc2cc(Br)ccc2C#N)c1. The highest BCUT2D eigenvalue weighted by Gasteiger charge is 2.16. The van der Waals surface area contributed by atoms with Gasteiger partial charge in [-0.15, -0.1) is 0 Å². The van der Waals surface area contributed by atoms with Gasteiger partial charge in [0.2, 0.25) is 0 Å². The summed E-state index contributed by atoms with van der Waals surface area (Å²) in [5, 5.41) is 17.8. The van der Waals surface area contributed by atoms with Gasteiger partial charge in [-0.3, -0.25) is 4.72 Å². The molecule has 0 atom stereocenters. The minimum atomic E-state index is -3.87. The molecule has 1 N–H and O–H groups in total. The molecular weight excluding hydrogens is 354 g/mol. The van der Waals surface area contributed by atoms with Crippen molar-refractivity contribution in [2.24, 2.45) is 0 Å². The molecule has 0 saturated carbocycles. The Morgan fingerprint density at radius 3 is 2.48 bits per heavy atom. The van der Waals surface area contributed by atoms with Gasteiger partial charge in [0.15, 0.2) is 0 Å². The summed E-state index contributed by atoms with van der Waals surface area (Å²) in [6.07, 6.45) is 0. The zero-order valence-corrected chi connectivity index (χ0v) is 12.9. The Labute approximate surface area is 130 Å². The van der Waals surface area contributed by atoms with Gasteiger partial charge in [-0.2, -0.15) is 10.5 Å². The molecular formula is C14H8BrN3O2S. The van der Waals surface area contributed by atoms with Gasteiger partial charge in [0.1, 0.15) is 6.07 Å². The van der Waals surface area contributed by atoms with Crippen LogP contribution in [-0.2, 0) is 10.0 Å². The number of rotatable bonds is 3. The maximum Gasteiger partial charge on any atom is 0.261 e. The molecule has 0 unspecified atom stereocenters. The van der Waals surface area contributed by atoms with E-state index in [0.29, 0.717) is 4.47 Å². The first-order chi connectivity index (χ1) is 9.96. The predicted molar refractivity (Wildman–Crippen MR) is 80.8 cm³/mol. The van der Waals surface area contributed by atoms with Crippen LogP contribution < -0.4 is 4.72 Å². The molecule has 0 saturated heterocycles. The average molecular weight is 362 g/mol. The third-order valence-corrected chi connectivity index (χ3v) is 4.48. The molecule has 7 heteroatoms. The third-order valence-electron chi connectivity index (χ3n) is 2.62. The summed E-state index contributed by atoms with van der Waals surface area (Å²) in [5.74, 6) is 0. The molecule has 0 fully saturated rings. The zero-order chi connectivity index (χ0) is 15.5. The topological polar surface area (TPSA) is 93.8 Å². The Hall–Kier alpha value is -2.35. The van der Waals surface area contributed by atoms with E-state index in [1.807, 2.05) is 12.1 Å². The van der Waals surface area contributed by atoms with Crippen molar-refractivity contribution in [2.45, 2.75) is 4.90 Å². The summed E-state index contributed by atoms with van der Waals surface area (Å²) in [6.45, 7) is 0. The van der Waals surface area contributed by atoms with Crippen molar-refractivity contribution in [2.75, 3.05) is 4.72 Å². The molecule has 0 aliphatic heterocycles. The standard InChI is InChI=1S/C14H8BrN3O2S/c15-12-5-4-11(9-17)14(7-12)18-21(19,20)13-3-1-2-10(6-13)8-16/h1-7,18H. The lowest BCUT2D eigenvalue weighted by Crippen LogP contribution is -2.14. The molecule has 0 radical (unpaired) electrons. The fourth-order valence-electron chi connectivity index (χ4n) is 1.63. The highest BCUT2D eigenvalue weighted by atomic mass is 79.9. The molecule has 0 aromatic heterocycles. The maximum absolute atomic E-state index is 12.3. The van der Waals surface area contributed by atoms with Crippen LogP contribution in [0.3, 0.4) is 0 Å². The van der Waals surface area contributed by atoms with Crippen molar-refractivity contribution in [3.05, 3.63) is 58.1 Å². The predicted octanol–water partition coefficient (Wildman–Crippen LogP) is 2.99. The summed E-state index contributed by atoms with van der Waals surface area (Å²) in [5.41, 5.74) is 0.625. The van der Waals surface area contributed by atoms with Crippen LogP contribution in [0.2, 0.25) is 0 Å². The number of nitrogens with one attached hydrogen (secondary N) is 1. The lowest BCUT2D eigenvalue weighted by atomic mass is 10.2. The number of hydrogen-bond donors (Lipinski definition) is 1. The molecule has 0 spiro atoms. The van der Waals surface area contributed by atoms with Crippen LogP contribution in [0.1, 0.15) is 11.1 Å². The van der Waals surface area contributed by atoms with Crippen molar-refractivity contribution in [1.82, 2.24) is 0 Å². The van der Waals surface area contributed by atoms with Gasteiger partial charge >= 0.3 is 0 Å². The zero-order valence-electron chi connectivity index (χ0n) is 10.5. The van der Waals surface area contributed by atoms with Gasteiger partial charge in [0.05, 0.1) is 27.8 Å². The molecule has 0 aliphatic carbocycles. The maximum atomic E-state index is 12.3. The summed E-state index contributed by atoms with van der Waals surface area (Å²) >= 11 is 3.22. The van der Waals surface area contributed by atoms with Crippen molar-refractivity contribution in [1.29, 1.82) is 10.5 Å². The fraction of sp³-hybridized carbons (Fsp3) is 0. The molecule has 0 bridgehead atoms. The van der Waals surface area contributed by atoms with E-state index >= 15 is 0 Å². The Balaban J connectivity index is 2.45. The summed E-state index contributed by atoms with van der Waals surface area (Å²) in [4.78, 5) is -0.0367. The number of halogens is 1. The highest BCUT2D eigenvalue weighted by molar-refractivity contribution is 9.10. The molecule has 0 aliphatic rings. The van der Waals surface area contributed by atoms with Gasteiger partial charge in [-0.1, -0.05) is 22.0 Å². The van der Waals surface area contributed by atoms with Crippen molar-refractivity contribution < 1.29 is 8.42 Å². The quantitative estimate of drug-likeness (QED) is 0.908. The van der Waals surface area contributed by atoms with E-state index in [2.05, 4.69) is 20.7 Å². The first-order valence-electron chi connectivity index (χ1n) is 5.69. The van der Waals surface area contributed by atoms with E-state index in [4.69, 9.17) is 10.5 Å². The van der Waals surface area contributed by atoms with E-state index in [0.717, 1.165) is 0 Å². The van der Waals surface area contributed by atoms with Crippen molar-refractivity contribution >= 4 is 31.6 Å². The van der Waals surface area contributed by atoms with E-state index in [1.165, 1.54) is 36.4 Å². The van der Waals surface area contributed by atoms with Crippen LogP contribution in [0, 0.1) is 22.7 Å². The Kier molecular flexibility index (Phi) is 4.27. The number of sulfonamides is 1. The molecule has 104 valence electrons. The smallest absolute Gasteiger partial charge is 0.261 e. The summed E-state index contributed by atoms with van der Waals surface area (Å²) in [7, 11) is -3.87. The second-order valence-electron chi connectivity index (χ2n) is 4.05. The molecule has 2 aromatic rings. The lowest BCUT2D eigenvalue weighted by molar-refractivity contribution is 0.601. The largest absolute Gasteiger partial charge is 0.278 e. The molecule has 2 aromatic carbocycles. The van der Waals surface area contributed by atoms with Crippen LogP contribution in [0.15, 0.2) is 51.8 Å². The molecule has 2 rings (SSSR count). The second-order valence-corrected chi connectivity index (χ2v) is 6.64. The fourth-order valence-corrected chi connectivity index (χ4v) is 3.11. The average Bonchev–Trinajstić information content (AvgIpc) is 2.47. The van der Waals surface area contributed by atoms with Gasteiger partial charge < -0.3 is 0 Å². The summed E-state index contributed by atoms with van der Waals surface area (Å²) < 4.78 is 27.6. The van der Waals surface area contributed by atoms with Crippen LogP contribution in [0.5, 0.6) is 0 Å². The van der Waals surface area contributed by atoms with Gasteiger partial charge in [-0.25, -0.2) is 8.42 Å². The van der Waals surface area contributed by atoms with Crippen LogP contribution in [0.4, 0.5) is 5.69 Å². The van der Waals surface area contributed by atoms with E-state index in [1.54, 1.807) is 6.07 Å². The Bertz CT molecular complexity index is 880. The van der Waals surface area contributed by atoms with E-state index in [9.17, 15) is 8.42 Å². The van der Waals surface area contributed by atoms with Crippen LogP contribution in [-0.4, -0.2) is 8.42 Å². The van der Waals surface area contributed by atoms with Crippen LogP contribution >= 0.6 is 15.9 Å². The monoisotopic (exact) mass is 361 g/mol. The lowest BCUT2D eigenvalue weighted by Gasteiger charge is -2.10.